The number of aryl methyl sites for hydroxylation is 1. The highest BCUT2D eigenvalue weighted by Gasteiger charge is 2.35. The molecule has 2 aromatic rings. The number of carbonyl (C=O) groups is 2. The Morgan fingerprint density at radius 2 is 1.94 bits per heavy atom. The Kier molecular flexibility index (Phi) is 7.73. The molecule has 8 nitrogen and oxygen atoms in total. The van der Waals surface area contributed by atoms with Crippen LogP contribution in [0.5, 0.6) is 0 Å². The monoisotopic (exact) mass is 473 g/mol. The fourth-order valence-electron chi connectivity index (χ4n) is 4.00. The van der Waals surface area contributed by atoms with Crippen LogP contribution in [0, 0.1) is 19.8 Å². The number of aromatic nitrogens is 2. The molecule has 2 heterocycles. The van der Waals surface area contributed by atoms with Gasteiger partial charge in [-0.15, -0.1) is 0 Å². The molecule has 1 saturated heterocycles. The van der Waals surface area contributed by atoms with Crippen molar-refractivity contribution < 1.29 is 22.7 Å². The van der Waals surface area contributed by atoms with Gasteiger partial charge in [-0.1, -0.05) is 32.0 Å². The second kappa shape index (κ2) is 10.3. The number of para-hydroxylation sites is 1. The molecule has 1 aliphatic heterocycles. The zero-order chi connectivity index (χ0) is 24.2. The smallest absolute Gasteiger partial charge is 0.331 e. The largest absolute Gasteiger partial charge is 0.452 e. The minimum absolute atomic E-state index is 0.0384. The number of amides is 1. The third kappa shape index (κ3) is 6.31. The second-order valence-electron chi connectivity index (χ2n) is 8.77. The van der Waals surface area contributed by atoms with Gasteiger partial charge in [-0.2, -0.15) is 5.10 Å². The highest BCUT2D eigenvalue weighted by atomic mass is 32.2. The number of esters is 1. The molecule has 0 bridgehead atoms. The fraction of sp³-hybridized carbons (Fsp3) is 0.458. The van der Waals surface area contributed by atoms with Crippen LogP contribution in [-0.4, -0.2) is 65.7 Å². The first-order valence-corrected chi connectivity index (χ1v) is 12.9. The molecule has 1 aromatic heterocycles. The second-order valence-corrected chi connectivity index (χ2v) is 11.0. The summed E-state index contributed by atoms with van der Waals surface area (Å²) in [4.78, 5) is 26.6. The van der Waals surface area contributed by atoms with Crippen molar-refractivity contribution in [2.75, 3.05) is 24.7 Å². The average Bonchev–Trinajstić information content (AvgIpc) is 3.27. The van der Waals surface area contributed by atoms with Gasteiger partial charge in [-0.25, -0.2) is 17.9 Å². The van der Waals surface area contributed by atoms with E-state index in [4.69, 9.17) is 4.74 Å². The summed E-state index contributed by atoms with van der Waals surface area (Å²) in [6.45, 7) is 7.69. The maximum absolute atomic E-state index is 12.7. The third-order valence-electron chi connectivity index (χ3n) is 5.60. The van der Waals surface area contributed by atoms with Crippen LogP contribution in [0.3, 0.4) is 0 Å². The van der Waals surface area contributed by atoms with Crippen molar-refractivity contribution in [1.82, 2.24) is 14.7 Å². The standard InChI is InChI=1S/C24H31N3O5S/c1-17(2)14-26(21-12-13-33(30,31)16-21)23(28)15-32-24(29)11-10-22-18(3)25-27(19(22)4)20-8-6-5-7-9-20/h5-11,17,21H,12-16H2,1-4H3/b11-10+. The summed E-state index contributed by atoms with van der Waals surface area (Å²) in [7, 11) is -3.13. The maximum atomic E-state index is 12.7. The van der Waals surface area contributed by atoms with Crippen LogP contribution in [-0.2, 0) is 24.2 Å². The molecule has 9 heteroatoms. The summed E-state index contributed by atoms with van der Waals surface area (Å²) in [5.74, 6) is -0.810. The Hall–Kier alpha value is -2.94. The van der Waals surface area contributed by atoms with Gasteiger partial charge in [0.1, 0.15) is 0 Å². The molecule has 0 spiro atoms. The van der Waals surface area contributed by atoms with Crippen molar-refractivity contribution in [3.8, 4) is 5.69 Å². The van der Waals surface area contributed by atoms with Crippen LogP contribution in [0.15, 0.2) is 36.4 Å². The highest BCUT2D eigenvalue weighted by molar-refractivity contribution is 7.91. The summed E-state index contributed by atoms with van der Waals surface area (Å²) in [6.07, 6.45) is 3.34. The Labute approximate surface area is 195 Å². The first-order valence-electron chi connectivity index (χ1n) is 11.0. The lowest BCUT2D eigenvalue weighted by Gasteiger charge is -2.29. The molecule has 0 aliphatic carbocycles. The van der Waals surface area contributed by atoms with Crippen LogP contribution in [0.1, 0.15) is 37.2 Å². The maximum Gasteiger partial charge on any atom is 0.331 e. The predicted molar refractivity (Wildman–Crippen MR) is 127 cm³/mol. The van der Waals surface area contributed by atoms with E-state index in [-0.39, 0.29) is 29.4 Å². The van der Waals surface area contributed by atoms with E-state index >= 15 is 0 Å². The zero-order valence-electron chi connectivity index (χ0n) is 19.5. The van der Waals surface area contributed by atoms with Crippen LogP contribution in [0.25, 0.3) is 11.8 Å². The average molecular weight is 474 g/mol. The number of rotatable bonds is 8. The van der Waals surface area contributed by atoms with Crippen LogP contribution in [0.2, 0.25) is 0 Å². The van der Waals surface area contributed by atoms with E-state index in [9.17, 15) is 18.0 Å². The number of nitrogens with zero attached hydrogens (tertiary/aromatic N) is 3. The van der Waals surface area contributed by atoms with E-state index in [1.807, 2.05) is 62.7 Å². The van der Waals surface area contributed by atoms with Crippen molar-refractivity contribution in [3.63, 3.8) is 0 Å². The van der Waals surface area contributed by atoms with E-state index in [1.54, 1.807) is 11.0 Å². The molecule has 1 fully saturated rings. The van der Waals surface area contributed by atoms with Crippen molar-refractivity contribution in [3.05, 3.63) is 53.4 Å². The molecule has 33 heavy (non-hydrogen) atoms. The lowest BCUT2D eigenvalue weighted by molar-refractivity contribution is -0.149. The molecule has 3 rings (SSSR count). The zero-order valence-corrected chi connectivity index (χ0v) is 20.3. The summed E-state index contributed by atoms with van der Waals surface area (Å²) in [5.41, 5.74) is 3.37. The Balaban J connectivity index is 1.63. The van der Waals surface area contributed by atoms with Gasteiger partial charge in [0.25, 0.3) is 5.91 Å². The summed E-state index contributed by atoms with van der Waals surface area (Å²) in [6, 6.07) is 9.32. The van der Waals surface area contributed by atoms with Crippen LogP contribution >= 0.6 is 0 Å². The molecule has 178 valence electrons. The van der Waals surface area contributed by atoms with Gasteiger partial charge < -0.3 is 9.64 Å². The molecule has 0 saturated carbocycles. The highest BCUT2D eigenvalue weighted by Crippen LogP contribution is 2.20. The van der Waals surface area contributed by atoms with E-state index in [1.165, 1.54) is 6.08 Å². The first-order chi connectivity index (χ1) is 15.6. The van der Waals surface area contributed by atoms with E-state index in [0.29, 0.717) is 13.0 Å². The number of ether oxygens (including phenoxy) is 1. The molecular formula is C24H31N3O5S. The number of sulfone groups is 1. The number of carbonyl (C=O) groups excluding carboxylic acids is 2. The molecule has 1 unspecified atom stereocenters. The fourth-order valence-corrected chi connectivity index (χ4v) is 5.73. The topological polar surface area (TPSA) is 98.6 Å². The summed E-state index contributed by atoms with van der Waals surface area (Å²) >= 11 is 0. The number of benzene rings is 1. The lowest BCUT2D eigenvalue weighted by atomic mass is 10.1. The first kappa shape index (κ1) is 24.7. The third-order valence-corrected chi connectivity index (χ3v) is 7.35. The van der Waals surface area contributed by atoms with Crippen molar-refractivity contribution >= 4 is 27.8 Å². The van der Waals surface area contributed by atoms with Crippen LogP contribution < -0.4 is 0 Å². The van der Waals surface area contributed by atoms with Crippen molar-refractivity contribution in [2.45, 2.75) is 40.2 Å². The Bertz CT molecular complexity index is 1140. The van der Waals surface area contributed by atoms with E-state index < -0.39 is 22.4 Å². The minimum Gasteiger partial charge on any atom is -0.452 e. The molecule has 0 radical (unpaired) electrons. The molecular weight excluding hydrogens is 442 g/mol. The molecule has 1 aliphatic rings. The Morgan fingerprint density at radius 1 is 1.24 bits per heavy atom. The van der Waals surface area contributed by atoms with Gasteiger partial charge in [0.2, 0.25) is 0 Å². The SMILES string of the molecule is Cc1nn(-c2ccccc2)c(C)c1/C=C/C(=O)OCC(=O)N(CC(C)C)C1CCS(=O)(=O)C1. The Morgan fingerprint density at radius 3 is 2.55 bits per heavy atom. The minimum atomic E-state index is -3.13. The van der Waals surface area contributed by atoms with Gasteiger partial charge in [-0.05, 0) is 44.4 Å². The quantitative estimate of drug-likeness (QED) is 0.432. The van der Waals surface area contributed by atoms with Crippen molar-refractivity contribution in [2.24, 2.45) is 5.92 Å². The lowest BCUT2D eigenvalue weighted by Crippen LogP contribution is -2.45. The van der Waals surface area contributed by atoms with Crippen molar-refractivity contribution in [1.29, 1.82) is 0 Å². The molecule has 1 atom stereocenters. The van der Waals surface area contributed by atoms with Gasteiger partial charge in [0.15, 0.2) is 16.4 Å². The summed E-state index contributed by atoms with van der Waals surface area (Å²) < 4.78 is 30.7. The normalized spacial score (nSPS) is 17.5. The van der Waals surface area contributed by atoms with Gasteiger partial charge in [0, 0.05) is 29.9 Å². The van der Waals surface area contributed by atoms with Gasteiger partial charge in [0.05, 0.1) is 22.9 Å². The predicted octanol–water partition coefficient (Wildman–Crippen LogP) is 2.72. The number of hydrogen-bond acceptors (Lipinski definition) is 6. The molecule has 0 N–H and O–H groups in total. The molecule has 1 amide bonds. The number of hydrogen-bond donors (Lipinski definition) is 0. The van der Waals surface area contributed by atoms with Gasteiger partial charge in [-0.3, -0.25) is 4.79 Å². The van der Waals surface area contributed by atoms with E-state index in [0.717, 1.165) is 22.6 Å². The summed E-state index contributed by atoms with van der Waals surface area (Å²) in [5, 5.41) is 4.54. The van der Waals surface area contributed by atoms with Crippen LogP contribution in [0.4, 0.5) is 0 Å². The van der Waals surface area contributed by atoms with E-state index in [2.05, 4.69) is 5.10 Å². The molecule has 1 aromatic carbocycles. The van der Waals surface area contributed by atoms with Gasteiger partial charge >= 0.3 is 5.97 Å².